The van der Waals surface area contributed by atoms with Crippen molar-refractivity contribution < 1.29 is 4.74 Å². The summed E-state index contributed by atoms with van der Waals surface area (Å²) >= 11 is 0. The summed E-state index contributed by atoms with van der Waals surface area (Å²) in [5.74, 6) is 0.597. The molecule has 1 aromatic carbocycles. The minimum Gasteiger partial charge on any atom is -0.378 e. The van der Waals surface area contributed by atoms with Crippen molar-refractivity contribution in [3.63, 3.8) is 0 Å². The molecule has 2 heterocycles. The van der Waals surface area contributed by atoms with Gasteiger partial charge in [-0.1, -0.05) is 12.1 Å². The van der Waals surface area contributed by atoms with Crippen LogP contribution < -0.4 is 5.73 Å². The highest BCUT2D eigenvalue weighted by Gasteiger charge is 2.11. The van der Waals surface area contributed by atoms with Crippen molar-refractivity contribution in [3.05, 3.63) is 42.1 Å². The maximum absolute atomic E-state index is 6.02. The van der Waals surface area contributed by atoms with E-state index in [0.717, 1.165) is 42.8 Å². The Kier molecular flexibility index (Phi) is 5.75. The summed E-state index contributed by atoms with van der Waals surface area (Å²) in [6.45, 7) is 3.66. The molecule has 0 atom stereocenters. The molecule has 0 spiro atoms. The van der Waals surface area contributed by atoms with Crippen molar-refractivity contribution in [1.82, 2.24) is 9.88 Å². The van der Waals surface area contributed by atoms with Crippen LogP contribution in [0.15, 0.2) is 41.5 Å². The standard InChI is InChI=1S/C15H18N4O.HI/c16-15(19-6-8-20-9-7-19)18-11-12-3-4-14-13(10-12)2-1-5-17-14;/h1-5,10H,6-9,11H2,(H2,16,18);1H. The maximum Gasteiger partial charge on any atom is 0.191 e. The van der Waals surface area contributed by atoms with Crippen LogP contribution in [0.4, 0.5) is 0 Å². The van der Waals surface area contributed by atoms with Crippen LogP contribution in [0.5, 0.6) is 0 Å². The zero-order valence-electron chi connectivity index (χ0n) is 11.7. The van der Waals surface area contributed by atoms with Crippen molar-refractivity contribution in [3.8, 4) is 0 Å². The number of pyridine rings is 1. The molecule has 2 aromatic rings. The van der Waals surface area contributed by atoms with E-state index in [0.29, 0.717) is 12.5 Å². The maximum atomic E-state index is 6.02. The lowest BCUT2D eigenvalue weighted by molar-refractivity contribution is 0.0674. The molecule has 0 amide bonds. The van der Waals surface area contributed by atoms with Crippen LogP contribution in [0.3, 0.4) is 0 Å². The lowest BCUT2D eigenvalue weighted by Gasteiger charge is -2.27. The Bertz CT molecular complexity index is 626. The van der Waals surface area contributed by atoms with Crippen LogP contribution in [-0.2, 0) is 11.3 Å². The number of nitrogens with zero attached hydrogens (tertiary/aromatic N) is 3. The largest absolute Gasteiger partial charge is 0.378 e. The average molecular weight is 398 g/mol. The quantitative estimate of drug-likeness (QED) is 0.478. The normalized spacial score (nSPS) is 15.8. The minimum absolute atomic E-state index is 0. The third-order valence-electron chi connectivity index (χ3n) is 3.43. The molecule has 0 bridgehead atoms. The van der Waals surface area contributed by atoms with Gasteiger partial charge >= 0.3 is 0 Å². The summed E-state index contributed by atoms with van der Waals surface area (Å²) in [6.07, 6.45) is 1.80. The molecule has 0 aliphatic carbocycles. The number of aliphatic imine (C=N–C) groups is 1. The zero-order chi connectivity index (χ0) is 13.8. The van der Waals surface area contributed by atoms with Crippen LogP contribution in [-0.4, -0.2) is 42.1 Å². The molecule has 0 saturated carbocycles. The van der Waals surface area contributed by atoms with E-state index >= 15 is 0 Å². The van der Waals surface area contributed by atoms with Gasteiger partial charge in [0.2, 0.25) is 0 Å². The van der Waals surface area contributed by atoms with E-state index < -0.39 is 0 Å². The first-order chi connectivity index (χ1) is 9.83. The first-order valence-electron chi connectivity index (χ1n) is 6.79. The number of fused-ring (bicyclic) bond motifs is 1. The molecule has 6 heteroatoms. The van der Waals surface area contributed by atoms with E-state index in [1.807, 2.05) is 18.2 Å². The summed E-state index contributed by atoms with van der Waals surface area (Å²) in [5.41, 5.74) is 8.16. The third kappa shape index (κ3) is 4.04. The molecule has 1 aliphatic rings. The van der Waals surface area contributed by atoms with Gasteiger partial charge in [0.25, 0.3) is 0 Å². The van der Waals surface area contributed by atoms with Gasteiger partial charge in [-0.2, -0.15) is 0 Å². The van der Waals surface area contributed by atoms with Crippen LogP contribution in [0.25, 0.3) is 10.9 Å². The summed E-state index contributed by atoms with van der Waals surface area (Å²) in [7, 11) is 0. The van der Waals surface area contributed by atoms with Crippen molar-refractivity contribution in [2.24, 2.45) is 10.7 Å². The second kappa shape index (κ2) is 7.56. The topological polar surface area (TPSA) is 63.7 Å². The zero-order valence-corrected chi connectivity index (χ0v) is 14.1. The van der Waals surface area contributed by atoms with Crippen LogP contribution in [0.2, 0.25) is 0 Å². The first-order valence-corrected chi connectivity index (χ1v) is 6.79. The highest BCUT2D eigenvalue weighted by Crippen LogP contribution is 2.14. The predicted molar refractivity (Wildman–Crippen MR) is 94.9 cm³/mol. The van der Waals surface area contributed by atoms with Gasteiger partial charge in [0.15, 0.2) is 5.96 Å². The van der Waals surface area contributed by atoms with Gasteiger partial charge in [0, 0.05) is 24.7 Å². The van der Waals surface area contributed by atoms with Gasteiger partial charge in [-0.15, -0.1) is 24.0 Å². The van der Waals surface area contributed by atoms with E-state index in [9.17, 15) is 0 Å². The van der Waals surface area contributed by atoms with E-state index in [1.165, 1.54) is 0 Å². The van der Waals surface area contributed by atoms with Crippen molar-refractivity contribution >= 4 is 40.8 Å². The van der Waals surface area contributed by atoms with Crippen molar-refractivity contribution in [2.45, 2.75) is 6.54 Å². The summed E-state index contributed by atoms with van der Waals surface area (Å²) in [6, 6.07) is 10.2. The van der Waals surface area contributed by atoms with Gasteiger partial charge in [-0.3, -0.25) is 4.98 Å². The highest BCUT2D eigenvalue weighted by molar-refractivity contribution is 14.0. The SMILES string of the molecule is I.NC(=NCc1ccc2ncccc2c1)N1CCOCC1. The number of ether oxygens (including phenoxy) is 1. The summed E-state index contributed by atoms with van der Waals surface area (Å²) < 4.78 is 5.30. The number of aromatic nitrogens is 1. The molecule has 1 saturated heterocycles. The number of hydrogen-bond acceptors (Lipinski definition) is 3. The number of morpholine rings is 1. The molecular weight excluding hydrogens is 379 g/mol. The monoisotopic (exact) mass is 398 g/mol. The Morgan fingerprint density at radius 1 is 1.29 bits per heavy atom. The fourth-order valence-electron chi connectivity index (χ4n) is 2.29. The lowest BCUT2D eigenvalue weighted by Crippen LogP contribution is -2.44. The van der Waals surface area contributed by atoms with E-state index in [-0.39, 0.29) is 24.0 Å². The second-order valence-corrected chi connectivity index (χ2v) is 4.80. The minimum atomic E-state index is 0. The van der Waals surface area contributed by atoms with Gasteiger partial charge in [-0.05, 0) is 23.8 Å². The second-order valence-electron chi connectivity index (χ2n) is 4.80. The number of rotatable bonds is 2. The molecule has 21 heavy (non-hydrogen) atoms. The Balaban J connectivity index is 0.00000161. The highest BCUT2D eigenvalue weighted by atomic mass is 127. The number of benzene rings is 1. The molecule has 2 N–H and O–H groups in total. The summed E-state index contributed by atoms with van der Waals surface area (Å²) in [5, 5.41) is 1.13. The predicted octanol–water partition coefficient (Wildman–Crippen LogP) is 2.00. The molecule has 112 valence electrons. The van der Waals surface area contributed by atoms with Crippen LogP contribution >= 0.6 is 24.0 Å². The number of hydrogen-bond donors (Lipinski definition) is 1. The van der Waals surface area contributed by atoms with E-state index in [1.54, 1.807) is 6.20 Å². The Morgan fingerprint density at radius 3 is 2.90 bits per heavy atom. The Hall–Kier alpha value is -1.41. The molecule has 1 aliphatic heterocycles. The Morgan fingerprint density at radius 2 is 2.10 bits per heavy atom. The molecule has 3 rings (SSSR count). The van der Waals surface area contributed by atoms with Gasteiger partial charge in [0.05, 0.1) is 25.3 Å². The number of nitrogens with two attached hydrogens (primary N) is 1. The summed E-state index contributed by atoms with van der Waals surface area (Å²) in [4.78, 5) is 10.8. The third-order valence-corrected chi connectivity index (χ3v) is 3.43. The first kappa shape index (κ1) is 16.0. The molecular formula is C15H19IN4O. The molecule has 0 unspecified atom stereocenters. The van der Waals surface area contributed by atoms with Gasteiger partial charge < -0.3 is 15.4 Å². The Labute approximate surface area is 141 Å². The number of halogens is 1. The van der Waals surface area contributed by atoms with Crippen molar-refractivity contribution in [1.29, 1.82) is 0 Å². The van der Waals surface area contributed by atoms with E-state index in [4.69, 9.17) is 10.5 Å². The lowest BCUT2D eigenvalue weighted by atomic mass is 10.1. The molecule has 1 fully saturated rings. The number of guanidine groups is 1. The fourth-order valence-corrected chi connectivity index (χ4v) is 2.29. The van der Waals surface area contributed by atoms with Gasteiger partial charge in [-0.25, -0.2) is 4.99 Å². The smallest absolute Gasteiger partial charge is 0.191 e. The average Bonchev–Trinajstić information content (AvgIpc) is 2.53. The van der Waals surface area contributed by atoms with Crippen LogP contribution in [0.1, 0.15) is 5.56 Å². The fraction of sp³-hybridized carbons (Fsp3) is 0.333. The van der Waals surface area contributed by atoms with E-state index in [2.05, 4.69) is 27.0 Å². The molecule has 5 nitrogen and oxygen atoms in total. The molecule has 1 aromatic heterocycles. The van der Waals surface area contributed by atoms with Crippen molar-refractivity contribution in [2.75, 3.05) is 26.3 Å². The van der Waals surface area contributed by atoms with Gasteiger partial charge in [0.1, 0.15) is 0 Å². The van der Waals surface area contributed by atoms with Crippen LogP contribution in [0, 0.1) is 0 Å². The molecule has 0 radical (unpaired) electrons.